The van der Waals surface area contributed by atoms with E-state index in [0.29, 0.717) is 12.1 Å². The van der Waals surface area contributed by atoms with Crippen molar-refractivity contribution in [1.82, 2.24) is 5.32 Å². The molecular weight excluding hydrogens is 146 g/mol. The largest absolute Gasteiger partial charge is 0.350 e. The Balaban J connectivity index is 2.70. The third-order valence-electron chi connectivity index (χ3n) is 1.22. The summed E-state index contributed by atoms with van der Waals surface area (Å²) < 4.78 is 0. The van der Waals surface area contributed by atoms with Crippen molar-refractivity contribution >= 4 is 23.5 Å². The summed E-state index contributed by atoms with van der Waals surface area (Å²) in [6.07, 6.45) is 5.84. The quantitative estimate of drug-likeness (QED) is 0.599. The second-order valence-electron chi connectivity index (χ2n) is 1.90. The van der Waals surface area contributed by atoms with Crippen molar-refractivity contribution in [3.8, 4) is 0 Å². The van der Waals surface area contributed by atoms with E-state index < -0.39 is 0 Å². The predicted octanol–water partition coefficient (Wildman–Crippen LogP) is 0.946. The van der Waals surface area contributed by atoms with Gasteiger partial charge in [-0.05, 0) is 6.08 Å². The second kappa shape index (κ2) is 3.27. The van der Waals surface area contributed by atoms with Crippen LogP contribution in [-0.4, -0.2) is 11.3 Å². The number of carbonyl (C=O) groups is 1. The molecule has 0 saturated heterocycles. The number of Topliss-reactive ketones (excluding diaryl/α,β-unsaturated/α-hetero) is 1. The van der Waals surface area contributed by atoms with Gasteiger partial charge in [-0.15, -0.1) is 0 Å². The van der Waals surface area contributed by atoms with Crippen LogP contribution in [-0.2, 0) is 4.79 Å². The number of allylic oxidation sites excluding steroid dienone is 4. The highest BCUT2D eigenvalue weighted by Crippen LogP contribution is 2.03. The molecule has 1 aliphatic rings. The topological polar surface area (TPSA) is 29.1 Å². The molecule has 0 aliphatic heterocycles. The summed E-state index contributed by atoms with van der Waals surface area (Å²) in [7, 11) is 0. The van der Waals surface area contributed by atoms with Crippen LogP contribution >= 0.6 is 12.2 Å². The molecule has 0 heterocycles. The minimum absolute atomic E-state index is 0.0867. The summed E-state index contributed by atoms with van der Waals surface area (Å²) in [4.78, 5) is 10.9. The average molecular weight is 153 g/mol. The Bertz CT molecular complexity index is 218. The molecule has 0 unspecified atom stereocenters. The van der Waals surface area contributed by atoms with Gasteiger partial charge in [0.2, 0.25) is 0 Å². The minimum Gasteiger partial charge on any atom is -0.350 e. The van der Waals surface area contributed by atoms with Crippen LogP contribution in [0.1, 0.15) is 6.42 Å². The lowest BCUT2D eigenvalue weighted by molar-refractivity contribution is -0.115. The van der Waals surface area contributed by atoms with Crippen molar-refractivity contribution in [1.29, 1.82) is 0 Å². The Morgan fingerprint density at radius 3 is 3.10 bits per heavy atom. The van der Waals surface area contributed by atoms with Gasteiger partial charge < -0.3 is 5.32 Å². The fourth-order valence-corrected chi connectivity index (χ4v) is 0.861. The van der Waals surface area contributed by atoms with Crippen LogP contribution < -0.4 is 5.32 Å². The lowest BCUT2D eigenvalue weighted by atomic mass is 10.1. The molecule has 10 heavy (non-hydrogen) atoms. The molecule has 0 amide bonds. The molecule has 0 spiro atoms. The maximum absolute atomic E-state index is 10.9. The maximum Gasteiger partial charge on any atom is 0.182 e. The van der Waals surface area contributed by atoms with Gasteiger partial charge in [-0.3, -0.25) is 4.79 Å². The van der Waals surface area contributed by atoms with Crippen molar-refractivity contribution in [3.05, 3.63) is 23.9 Å². The Morgan fingerprint density at radius 2 is 2.50 bits per heavy atom. The first-order valence-electron chi connectivity index (χ1n) is 2.95. The normalized spacial score (nSPS) is 16.4. The van der Waals surface area contributed by atoms with Crippen molar-refractivity contribution in [3.63, 3.8) is 0 Å². The monoisotopic (exact) mass is 153 g/mol. The average Bonchev–Trinajstić information content (AvgIpc) is 1.94. The van der Waals surface area contributed by atoms with Crippen LogP contribution in [0.2, 0.25) is 0 Å². The van der Waals surface area contributed by atoms with Crippen LogP contribution in [0.25, 0.3) is 0 Å². The fourth-order valence-electron chi connectivity index (χ4n) is 0.734. The zero-order chi connectivity index (χ0) is 7.40. The van der Waals surface area contributed by atoms with Gasteiger partial charge in [0, 0.05) is 6.42 Å². The molecule has 0 fully saturated rings. The lowest BCUT2D eigenvalue weighted by Crippen LogP contribution is -2.18. The van der Waals surface area contributed by atoms with Gasteiger partial charge in [0.25, 0.3) is 0 Å². The number of thiocarbonyl (C=S) groups is 1. The summed E-state index contributed by atoms with van der Waals surface area (Å²) in [6, 6.07) is 0. The van der Waals surface area contributed by atoms with Gasteiger partial charge in [0.05, 0.1) is 11.2 Å². The highest BCUT2D eigenvalue weighted by Gasteiger charge is 2.07. The number of ketones is 1. The maximum atomic E-state index is 10.9. The minimum atomic E-state index is 0.0867. The van der Waals surface area contributed by atoms with Crippen molar-refractivity contribution in [2.45, 2.75) is 6.42 Å². The first-order valence-corrected chi connectivity index (χ1v) is 3.42. The van der Waals surface area contributed by atoms with Crippen molar-refractivity contribution < 1.29 is 4.79 Å². The van der Waals surface area contributed by atoms with E-state index in [9.17, 15) is 4.79 Å². The fraction of sp³-hybridized carbons (Fsp3) is 0.143. The van der Waals surface area contributed by atoms with E-state index >= 15 is 0 Å². The highest BCUT2D eigenvalue weighted by atomic mass is 32.1. The second-order valence-corrected chi connectivity index (χ2v) is 2.13. The van der Waals surface area contributed by atoms with E-state index in [4.69, 9.17) is 0 Å². The molecule has 0 aromatic rings. The molecule has 0 aromatic heterocycles. The van der Waals surface area contributed by atoms with E-state index in [0.717, 1.165) is 0 Å². The molecule has 3 heteroatoms. The Hall–Kier alpha value is -0.960. The summed E-state index contributed by atoms with van der Waals surface area (Å²) in [6.45, 7) is 0. The number of hydrogen-bond acceptors (Lipinski definition) is 2. The Labute approximate surface area is 64.6 Å². The zero-order valence-corrected chi connectivity index (χ0v) is 6.15. The van der Waals surface area contributed by atoms with Crippen LogP contribution in [0, 0.1) is 0 Å². The molecular formula is C7H7NOS. The summed E-state index contributed by atoms with van der Waals surface area (Å²) >= 11 is 4.53. The molecule has 52 valence electrons. The van der Waals surface area contributed by atoms with Gasteiger partial charge in [0.15, 0.2) is 5.78 Å². The van der Waals surface area contributed by atoms with Gasteiger partial charge in [0.1, 0.15) is 0 Å². The Morgan fingerprint density at radius 1 is 1.70 bits per heavy atom. The third kappa shape index (κ3) is 1.51. The molecule has 1 rings (SSSR count). The summed E-state index contributed by atoms with van der Waals surface area (Å²) in [5.41, 5.74) is 1.92. The SMILES string of the molecule is O=C1CC=CC=C1NC=S. The van der Waals surface area contributed by atoms with Crippen LogP contribution in [0.3, 0.4) is 0 Å². The molecule has 1 N–H and O–H groups in total. The molecule has 0 atom stereocenters. The first kappa shape index (κ1) is 7.15. The molecule has 0 bridgehead atoms. The molecule has 2 nitrogen and oxygen atoms in total. The van der Waals surface area contributed by atoms with Gasteiger partial charge >= 0.3 is 0 Å². The van der Waals surface area contributed by atoms with Gasteiger partial charge in [-0.1, -0.05) is 24.4 Å². The van der Waals surface area contributed by atoms with Gasteiger partial charge in [-0.2, -0.15) is 0 Å². The van der Waals surface area contributed by atoms with Gasteiger partial charge in [-0.25, -0.2) is 0 Å². The van der Waals surface area contributed by atoms with E-state index in [1.54, 1.807) is 6.08 Å². The van der Waals surface area contributed by atoms with Crippen LogP contribution in [0.15, 0.2) is 23.9 Å². The third-order valence-corrected chi connectivity index (χ3v) is 1.33. The molecule has 0 saturated carbocycles. The molecule has 0 aromatic carbocycles. The smallest absolute Gasteiger partial charge is 0.182 e. The highest BCUT2D eigenvalue weighted by molar-refractivity contribution is 7.78. The molecule has 1 aliphatic carbocycles. The summed E-state index contributed by atoms with van der Waals surface area (Å²) in [5.74, 6) is 0.0867. The van der Waals surface area contributed by atoms with Crippen LogP contribution in [0.4, 0.5) is 0 Å². The van der Waals surface area contributed by atoms with Crippen molar-refractivity contribution in [2.24, 2.45) is 0 Å². The van der Waals surface area contributed by atoms with Crippen LogP contribution in [0.5, 0.6) is 0 Å². The summed E-state index contributed by atoms with van der Waals surface area (Å²) in [5, 5.41) is 2.68. The predicted molar refractivity (Wildman–Crippen MR) is 43.6 cm³/mol. The van der Waals surface area contributed by atoms with E-state index in [1.807, 2.05) is 12.2 Å². The Kier molecular flexibility index (Phi) is 2.34. The standard InChI is InChI=1S/C7H7NOS/c9-7-4-2-1-3-6(7)8-5-10/h1-3,5H,4H2,(H,8,10). The first-order chi connectivity index (χ1) is 4.84. The van der Waals surface area contributed by atoms with E-state index in [2.05, 4.69) is 17.5 Å². The number of nitrogens with one attached hydrogen (secondary N) is 1. The van der Waals surface area contributed by atoms with E-state index in [-0.39, 0.29) is 5.78 Å². The van der Waals surface area contributed by atoms with Crippen molar-refractivity contribution in [2.75, 3.05) is 0 Å². The molecule has 0 radical (unpaired) electrons. The zero-order valence-electron chi connectivity index (χ0n) is 5.33. The lowest BCUT2D eigenvalue weighted by Gasteiger charge is -2.04. The van der Waals surface area contributed by atoms with E-state index in [1.165, 1.54) is 5.49 Å². The number of hydrogen-bond donors (Lipinski definition) is 1. The number of carbonyl (C=O) groups excluding carboxylic acids is 1. The number of rotatable bonds is 2.